The van der Waals surface area contributed by atoms with Crippen molar-refractivity contribution in [2.45, 2.75) is 45.9 Å². The van der Waals surface area contributed by atoms with Crippen LogP contribution in [0, 0.1) is 24.2 Å². The van der Waals surface area contributed by atoms with Gasteiger partial charge in [-0.25, -0.2) is 9.97 Å². The maximum Gasteiger partial charge on any atom is 0.228 e. The van der Waals surface area contributed by atoms with Crippen LogP contribution >= 0.6 is 0 Å². The van der Waals surface area contributed by atoms with Crippen molar-refractivity contribution in [2.75, 3.05) is 5.32 Å². The third-order valence-electron chi connectivity index (χ3n) is 4.60. The van der Waals surface area contributed by atoms with Crippen LogP contribution in [0.4, 0.5) is 5.95 Å². The number of carbonyl (C=O) groups excluding carboxylic acids is 1. The predicted octanol–water partition coefficient (Wildman–Crippen LogP) is 1.83. The number of nitrogens with one attached hydrogen (secondary N) is 3. The molecule has 0 saturated carbocycles. The van der Waals surface area contributed by atoms with Gasteiger partial charge in [-0.15, -0.1) is 0 Å². The first-order valence-corrected chi connectivity index (χ1v) is 8.49. The number of hydrogen-bond donors (Lipinski definition) is 3. The molecule has 130 valence electrons. The van der Waals surface area contributed by atoms with Crippen LogP contribution in [0.25, 0.3) is 10.9 Å². The quantitative estimate of drug-likeness (QED) is 0.786. The number of nitriles is 1. The first kappa shape index (κ1) is 17.1. The zero-order valence-corrected chi connectivity index (χ0v) is 14.6. The molecule has 7 heteroatoms. The fraction of sp³-hybridized carbons (Fsp3) is 0.444. The lowest BCUT2D eigenvalue weighted by molar-refractivity contribution is -0.128. The van der Waals surface area contributed by atoms with E-state index in [1.54, 1.807) is 0 Å². The Labute approximate surface area is 146 Å². The summed E-state index contributed by atoms with van der Waals surface area (Å²) in [5, 5.41) is 19.0. The molecule has 0 aliphatic carbocycles. The summed E-state index contributed by atoms with van der Waals surface area (Å²) in [5.74, 6) is -0.0387. The average Bonchev–Trinajstić information content (AvgIpc) is 2.58. The lowest BCUT2D eigenvalue weighted by Crippen LogP contribution is -2.63. The second kappa shape index (κ2) is 7.03. The Balaban J connectivity index is 1.79. The number of rotatable bonds is 4. The summed E-state index contributed by atoms with van der Waals surface area (Å²) >= 11 is 0. The molecule has 3 unspecified atom stereocenters. The molecule has 3 N–H and O–H groups in total. The van der Waals surface area contributed by atoms with Gasteiger partial charge in [0.2, 0.25) is 11.9 Å². The smallest absolute Gasteiger partial charge is 0.228 e. The largest absolute Gasteiger partial charge is 0.323 e. The van der Waals surface area contributed by atoms with Crippen LogP contribution in [0.15, 0.2) is 18.2 Å². The van der Waals surface area contributed by atoms with Crippen LogP contribution in [0.5, 0.6) is 0 Å². The zero-order chi connectivity index (χ0) is 18.0. The third-order valence-corrected chi connectivity index (χ3v) is 4.60. The Morgan fingerprint density at radius 3 is 2.84 bits per heavy atom. The summed E-state index contributed by atoms with van der Waals surface area (Å²) in [5.41, 5.74) is 3.00. The van der Waals surface area contributed by atoms with Crippen LogP contribution in [-0.2, 0) is 11.2 Å². The number of benzene rings is 1. The van der Waals surface area contributed by atoms with Gasteiger partial charge in [-0.1, -0.05) is 13.0 Å². The van der Waals surface area contributed by atoms with E-state index in [-0.39, 0.29) is 24.3 Å². The molecule has 1 aromatic carbocycles. The van der Waals surface area contributed by atoms with E-state index < -0.39 is 6.29 Å². The van der Waals surface area contributed by atoms with Gasteiger partial charge >= 0.3 is 0 Å². The van der Waals surface area contributed by atoms with Crippen molar-refractivity contribution < 1.29 is 4.79 Å². The molecule has 1 fully saturated rings. The van der Waals surface area contributed by atoms with Crippen LogP contribution in [-0.4, -0.2) is 28.2 Å². The molecule has 3 atom stereocenters. The minimum Gasteiger partial charge on any atom is -0.323 e. The molecule has 7 nitrogen and oxygen atoms in total. The number of hydrogen-bond acceptors (Lipinski definition) is 6. The molecule has 2 heterocycles. The minimum absolute atomic E-state index is 0.112. The van der Waals surface area contributed by atoms with Gasteiger partial charge < -0.3 is 10.6 Å². The number of aryl methyl sites for hydroxylation is 2. The predicted molar refractivity (Wildman–Crippen MR) is 95.5 cm³/mol. The second-order valence-electron chi connectivity index (χ2n) is 6.35. The highest BCUT2D eigenvalue weighted by Gasteiger charge is 2.33. The normalized spacial score (nSPS) is 23.1. The maximum absolute atomic E-state index is 12.2. The van der Waals surface area contributed by atoms with E-state index in [0.717, 1.165) is 23.0 Å². The fourth-order valence-electron chi connectivity index (χ4n) is 3.08. The van der Waals surface area contributed by atoms with Gasteiger partial charge in [-0.3, -0.25) is 10.1 Å². The molecular weight excluding hydrogens is 316 g/mol. The summed E-state index contributed by atoms with van der Waals surface area (Å²) in [6.45, 7) is 5.97. The molecule has 0 radical (unpaired) electrons. The van der Waals surface area contributed by atoms with E-state index in [4.69, 9.17) is 5.26 Å². The summed E-state index contributed by atoms with van der Waals surface area (Å²) in [6.07, 6.45) is 0.692. The van der Waals surface area contributed by atoms with Crippen molar-refractivity contribution in [1.29, 1.82) is 5.26 Å². The van der Waals surface area contributed by atoms with Crippen molar-refractivity contribution in [3.05, 3.63) is 29.5 Å². The molecule has 3 rings (SSSR count). The SMILES string of the molecule is CCc1ccc2nc(NC3NC(=O)C(CC#N)C(C)N3)nc(C)c2c1. The number of aromatic nitrogens is 2. The summed E-state index contributed by atoms with van der Waals surface area (Å²) in [6, 6.07) is 8.11. The molecule has 1 aliphatic rings. The summed E-state index contributed by atoms with van der Waals surface area (Å²) in [4.78, 5) is 21.2. The van der Waals surface area contributed by atoms with Crippen molar-refractivity contribution in [3.8, 4) is 6.07 Å². The van der Waals surface area contributed by atoms with Gasteiger partial charge in [0.25, 0.3) is 0 Å². The monoisotopic (exact) mass is 338 g/mol. The Hall–Kier alpha value is -2.72. The van der Waals surface area contributed by atoms with Gasteiger partial charge in [0.05, 0.1) is 23.2 Å². The average molecular weight is 338 g/mol. The Morgan fingerprint density at radius 2 is 2.16 bits per heavy atom. The summed E-state index contributed by atoms with van der Waals surface area (Å²) in [7, 11) is 0. The number of amides is 1. The van der Waals surface area contributed by atoms with E-state index in [1.165, 1.54) is 5.56 Å². The van der Waals surface area contributed by atoms with Gasteiger partial charge in [0, 0.05) is 17.8 Å². The Kier molecular flexibility index (Phi) is 4.81. The van der Waals surface area contributed by atoms with Crippen LogP contribution in [0.2, 0.25) is 0 Å². The molecule has 0 bridgehead atoms. The molecule has 0 spiro atoms. The topological polar surface area (TPSA) is 103 Å². The Bertz CT molecular complexity index is 843. The molecule has 1 aliphatic heterocycles. The number of nitrogens with zero attached hydrogens (tertiary/aromatic N) is 3. The van der Waals surface area contributed by atoms with Crippen molar-refractivity contribution in [1.82, 2.24) is 20.6 Å². The van der Waals surface area contributed by atoms with Crippen LogP contribution in [0.1, 0.15) is 31.5 Å². The van der Waals surface area contributed by atoms with Gasteiger partial charge in [-0.05, 0) is 38.0 Å². The molecular formula is C18H22N6O. The second-order valence-corrected chi connectivity index (χ2v) is 6.35. The number of anilines is 1. The van der Waals surface area contributed by atoms with E-state index in [1.807, 2.05) is 19.9 Å². The first-order chi connectivity index (χ1) is 12.0. The van der Waals surface area contributed by atoms with Gasteiger partial charge in [0.1, 0.15) is 0 Å². The van der Waals surface area contributed by atoms with E-state index >= 15 is 0 Å². The highest BCUT2D eigenvalue weighted by atomic mass is 16.2. The first-order valence-electron chi connectivity index (χ1n) is 8.49. The molecule has 1 aromatic heterocycles. The van der Waals surface area contributed by atoms with Gasteiger partial charge in [-0.2, -0.15) is 5.26 Å². The number of carbonyl (C=O) groups is 1. The standard InChI is InChI=1S/C18H22N6O/c1-4-12-5-6-15-14(9-12)11(3)21-17(22-15)24-18-20-10(2)13(7-8-19)16(25)23-18/h5-6,9-10,13,18,20H,4,7H2,1-3H3,(H,23,25)(H,21,22,24). The highest BCUT2D eigenvalue weighted by Crippen LogP contribution is 2.20. The zero-order valence-electron chi connectivity index (χ0n) is 14.6. The van der Waals surface area contributed by atoms with E-state index in [0.29, 0.717) is 5.95 Å². The summed E-state index contributed by atoms with van der Waals surface area (Å²) < 4.78 is 0. The van der Waals surface area contributed by atoms with Crippen LogP contribution < -0.4 is 16.0 Å². The Morgan fingerprint density at radius 1 is 1.36 bits per heavy atom. The van der Waals surface area contributed by atoms with E-state index in [9.17, 15) is 4.79 Å². The lowest BCUT2D eigenvalue weighted by Gasteiger charge is -2.35. The molecule has 1 amide bonds. The fourth-order valence-corrected chi connectivity index (χ4v) is 3.08. The highest BCUT2D eigenvalue weighted by molar-refractivity contribution is 5.83. The van der Waals surface area contributed by atoms with Gasteiger partial charge in [0.15, 0.2) is 6.29 Å². The third kappa shape index (κ3) is 3.54. The van der Waals surface area contributed by atoms with Crippen molar-refractivity contribution >= 4 is 22.8 Å². The molecule has 25 heavy (non-hydrogen) atoms. The maximum atomic E-state index is 12.2. The van der Waals surface area contributed by atoms with Crippen molar-refractivity contribution in [2.24, 2.45) is 5.92 Å². The van der Waals surface area contributed by atoms with Crippen molar-refractivity contribution in [3.63, 3.8) is 0 Å². The lowest BCUT2D eigenvalue weighted by atomic mass is 9.95. The number of fused-ring (bicyclic) bond motifs is 1. The minimum atomic E-state index is -0.468. The molecule has 1 saturated heterocycles. The van der Waals surface area contributed by atoms with E-state index in [2.05, 4.69) is 51.0 Å². The molecule has 2 aromatic rings. The van der Waals surface area contributed by atoms with Crippen LogP contribution in [0.3, 0.4) is 0 Å².